The average Bonchev–Trinajstić information content (AvgIpc) is 1.72. The van der Waals surface area contributed by atoms with Crippen molar-refractivity contribution >= 4 is 0 Å². The van der Waals surface area contributed by atoms with Gasteiger partial charge in [-0.3, -0.25) is 0 Å². The van der Waals surface area contributed by atoms with Gasteiger partial charge < -0.3 is 13.3 Å². The van der Waals surface area contributed by atoms with Crippen LogP contribution < -0.4 is 0 Å². The largest absolute Gasteiger partial charge is 0.346 e. The molecule has 0 saturated heterocycles. The molecular formula is C6H14Y-2. The summed E-state index contributed by atoms with van der Waals surface area (Å²) in [6.45, 7) is 9.18. The molecule has 0 aliphatic heterocycles. The molecule has 0 fully saturated rings. The van der Waals surface area contributed by atoms with Crippen molar-refractivity contribution in [1.29, 1.82) is 0 Å². The molecule has 0 aliphatic rings. The predicted octanol–water partition coefficient (Wildman–Crippen LogP) is 2.46. The Labute approximate surface area is 73.0 Å². The van der Waals surface area contributed by atoms with Crippen molar-refractivity contribution in [3.8, 4) is 0 Å². The van der Waals surface area contributed by atoms with Crippen LogP contribution in [-0.2, 0) is 32.7 Å². The van der Waals surface area contributed by atoms with E-state index in [9.17, 15) is 0 Å². The third-order valence-electron chi connectivity index (χ3n) is 0.408. The number of hydrogen-bond donors (Lipinski definition) is 0. The van der Waals surface area contributed by atoms with Crippen molar-refractivity contribution in [2.24, 2.45) is 0 Å². The SMILES string of the molecule is C[CH-]CC.[CH2-]C.[Y]. The summed E-state index contributed by atoms with van der Waals surface area (Å²) in [5.74, 6) is 0. The molecule has 0 aromatic carbocycles. The summed E-state index contributed by atoms with van der Waals surface area (Å²) in [7, 11) is 0. The van der Waals surface area contributed by atoms with E-state index in [0.717, 1.165) is 0 Å². The fourth-order valence-electron chi connectivity index (χ4n) is 0. The monoisotopic (exact) mass is 175 g/mol. The molecular weight excluding hydrogens is 161 g/mol. The van der Waals surface area contributed by atoms with Crippen molar-refractivity contribution in [2.75, 3.05) is 0 Å². The van der Waals surface area contributed by atoms with E-state index in [1.807, 2.05) is 0 Å². The fourth-order valence-corrected chi connectivity index (χ4v) is 0. The van der Waals surface area contributed by atoms with Crippen molar-refractivity contribution < 1.29 is 32.7 Å². The van der Waals surface area contributed by atoms with Crippen LogP contribution in [0.25, 0.3) is 0 Å². The molecule has 1 radical (unpaired) electrons. The van der Waals surface area contributed by atoms with Gasteiger partial charge in [-0.2, -0.15) is 20.3 Å². The molecule has 0 aromatic rings. The first-order valence-corrected chi connectivity index (χ1v) is 2.40. The Kier molecular flexibility index (Phi) is 61.6. The molecule has 0 atom stereocenters. The van der Waals surface area contributed by atoms with Crippen molar-refractivity contribution in [3.05, 3.63) is 13.3 Å². The topological polar surface area (TPSA) is 0 Å². The molecule has 0 aliphatic carbocycles. The molecule has 0 nitrogen and oxygen atoms in total. The van der Waals surface area contributed by atoms with Crippen LogP contribution in [0.15, 0.2) is 0 Å². The Bertz CT molecular complexity index is 6.14. The molecule has 0 rings (SSSR count). The zero-order valence-corrected chi connectivity index (χ0v) is 8.41. The van der Waals surface area contributed by atoms with Gasteiger partial charge in [0.25, 0.3) is 0 Å². The van der Waals surface area contributed by atoms with Crippen LogP contribution in [0, 0.1) is 13.3 Å². The fraction of sp³-hybridized carbons (Fsp3) is 0.667. The second-order valence-corrected chi connectivity index (χ2v) is 0.816. The second-order valence-electron chi connectivity index (χ2n) is 0.816. The van der Waals surface area contributed by atoms with Gasteiger partial charge in [-0.1, -0.05) is 6.92 Å². The molecule has 1 heteroatoms. The Hall–Kier alpha value is 1.10. The maximum Gasteiger partial charge on any atom is 0 e. The number of unbranched alkanes of at least 4 members (excludes halogenated alkanes) is 1. The van der Waals surface area contributed by atoms with Crippen LogP contribution in [0.1, 0.15) is 27.2 Å². The first-order valence-electron chi connectivity index (χ1n) is 2.40. The summed E-state index contributed by atoms with van der Waals surface area (Å²) < 4.78 is 0. The van der Waals surface area contributed by atoms with Crippen molar-refractivity contribution in [2.45, 2.75) is 27.2 Å². The van der Waals surface area contributed by atoms with E-state index in [2.05, 4.69) is 27.2 Å². The maximum atomic E-state index is 3.25. The molecule has 0 unspecified atom stereocenters. The summed E-state index contributed by atoms with van der Waals surface area (Å²) in [6, 6.07) is 0. The van der Waals surface area contributed by atoms with Gasteiger partial charge in [0, 0.05) is 32.7 Å². The van der Waals surface area contributed by atoms with E-state index < -0.39 is 0 Å². The summed E-state index contributed by atoms with van der Waals surface area (Å²) in [6.07, 6.45) is 3.32. The van der Waals surface area contributed by atoms with E-state index in [-0.39, 0.29) is 32.7 Å². The third kappa shape index (κ3) is 41.8. The zero-order valence-electron chi connectivity index (χ0n) is 5.57. The van der Waals surface area contributed by atoms with Gasteiger partial charge in [-0.15, -0.1) is 0 Å². The molecule has 7 heavy (non-hydrogen) atoms. The molecule has 0 saturated carbocycles. The van der Waals surface area contributed by atoms with E-state index >= 15 is 0 Å². The van der Waals surface area contributed by atoms with E-state index in [1.54, 1.807) is 6.92 Å². The standard InChI is InChI=1S/C4H9.C2H5.Y/c1-3-4-2;1-2;/h3H,4H2,1-2H3;1H2,2H3;/q2*-1;. The van der Waals surface area contributed by atoms with Gasteiger partial charge >= 0.3 is 0 Å². The molecule has 0 amide bonds. The van der Waals surface area contributed by atoms with Crippen LogP contribution in [0.4, 0.5) is 0 Å². The smallest absolute Gasteiger partial charge is 0 e. The Morgan fingerprint density at radius 2 is 1.57 bits per heavy atom. The van der Waals surface area contributed by atoms with E-state index in [1.165, 1.54) is 6.42 Å². The van der Waals surface area contributed by atoms with E-state index in [0.29, 0.717) is 0 Å². The zero-order chi connectivity index (χ0) is 5.41. The minimum atomic E-state index is 0. The molecule has 0 bridgehead atoms. The normalized spacial score (nSPS) is 5.14. The molecule has 43 valence electrons. The number of rotatable bonds is 1. The van der Waals surface area contributed by atoms with Crippen LogP contribution in [0.3, 0.4) is 0 Å². The van der Waals surface area contributed by atoms with Crippen LogP contribution in [-0.4, -0.2) is 0 Å². The Balaban J connectivity index is -0.0000000480. The minimum Gasteiger partial charge on any atom is -0.346 e. The minimum absolute atomic E-state index is 0. The number of hydrogen-bond acceptors (Lipinski definition) is 0. The van der Waals surface area contributed by atoms with Gasteiger partial charge in [0.05, 0.1) is 0 Å². The first-order chi connectivity index (χ1) is 2.91. The van der Waals surface area contributed by atoms with Crippen molar-refractivity contribution in [1.82, 2.24) is 0 Å². The molecule has 0 spiro atoms. The summed E-state index contributed by atoms with van der Waals surface area (Å²) in [5, 5.41) is 0. The Morgan fingerprint density at radius 3 is 1.57 bits per heavy atom. The molecule has 0 heterocycles. The van der Waals surface area contributed by atoms with Crippen LogP contribution >= 0.6 is 0 Å². The molecule has 0 N–H and O–H groups in total. The van der Waals surface area contributed by atoms with E-state index in [4.69, 9.17) is 0 Å². The summed E-state index contributed by atoms with van der Waals surface area (Å²) >= 11 is 0. The Morgan fingerprint density at radius 1 is 1.43 bits per heavy atom. The van der Waals surface area contributed by atoms with Crippen LogP contribution in [0.5, 0.6) is 0 Å². The predicted molar refractivity (Wildman–Crippen MR) is 31.3 cm³/mol. The molecule has 0 aromatic heterocycles. The average molecular weight is 175 g/mol. The van der Waals surface area contributed by atoms with Gasteiger partial charge in [0.1, 0.15) is 0 Å². The van der Waals surface area contributed by atoms with Gasteiger partial charge in [0.15, 0.2) is 0 Å². The first kappa shape index (κ1) is 15.7. The van der Waals surface area contributed by atoms with Crippen molar-refractivity contribution in [3.63, 3.8) is 0 Å². The van der Waals surface area contributed by atoms with Gasteiger partial charge in [0.2, 0.25) is 0 Å². The second kappa shape index (κ2) is 27.5. The summed E-state index contributed by atoms with van der Waals surface area (Å²) in [5.41, 5.74) is 0. The van der Waals surface area contributed by atoms with Gasteiger partial charge in [-0.25, -0.2) is 0 Å². The maximum absolute atomic E-state index is 3.25. The van der Waals surface area contributed by atoms with Gasteiger partial charge in [-0.05, 0) is 0 Å². The summed E-state index contributed by atoms with van der Waals surface area (Å²) in [4.78, 5) is 0. The third-order valence-corrected chi connectivity index (χ3v) is 0.408. The van der Waals surface area contributed by atoms with Crippen LogP contribution in [0.2, 0.25) is 0 Å². The quantitative estimate of drug-likeness (QED) is 0.537.